The molecule has 3 rings (SSSR count). The third-order valence-electron chi connectivity index (χ3n) is 5.02. The Hall–Kier alpha value is -3.05. The molecule has 3 N–H and O–H groups in total. The molecular weight excluding hydrogens is 402 g/mol. The molecule has 0 spiro atoms. The van der Waals surface area contributed by atoms with Crippen LogP contribution < -0.4 is 15.8 Å². The second-order valence-electron chi connectivity index (χ2n) is 8.80. The van der Waals surface area contributed by atoms with Crippen molar-refractivity contribution in [1.29, 1.82) is 5.26 Å². The minimum Gasteiger partial charge on any atom is -0.490 e. The molecule has 1 aromatic heterocycles. The van der Waals surface area contributed by atoms with Gasteiger partial charge in [0.25, 0.3) is 5.92 Å². The largest absolute Gasteiger partial charge is 0.490 e. The molecule has 1 heterocycles. The number of ether oxygens (including phenoxy) is 1. The van der Waals surface area contributed by atoms with Crippen LogP contribution in [0.25, 0.3) is 11.1 Å². The van der Waals surface area contributed by atoms with Crippen molar-refractivity contribution in [2.45, 2.75) is 45.1 Å². The number of hydrogen-bond donors (Lipinski definition) is 2. The molecule has 8 heteroatoms. The predicted molar refractivity (Wildman–Crippen MR) is 114 cm³/mol. The maximum atomic E-state index is 13.1. The van der Waals surface area contributed by atoms with E-state index in [4.69, 9.17) is 10.5 Å². The molecule has 164 valence electrons. The molecule has 1 fully saturated rings. The fourth-order valence-corrected chi connectivity index (χ4v) is 3.55. The van der Waals surface area contributed by atoms with Gasteiger partial charge in [0.2, 0.25) is 5.91 Å². The van der Waals surface area contributed by atoms with E-state index >= 15 is 0 Å². The molecule has 1 saturated carbocycles. The number of aromatic nitrogens is 1. The van der Waals surface area contributed by atoms with E-state index in [0.717, 1.165) is 6.42 Å². The van der Waals surface area contributed by atoms with Crippen molar-refractivity contribution < 1.29 is 18.3 Å². The maximum Gasteiger partial charge on any atom is 0.260 e. The van der Waals surface area contributed by atoms with Gasteiger partial charge in [0.15, 0.2) is 0 Å². The molecule has 1 aromatic carbocycles. The molecular formula is C23H26F2N4O2. The second-order valence-corrected chi connectivity index (χ2v) is 8.80. The molecule has 0 aliphatic heterocycles. The first-order valence-corrected chi connectivity index (χ1v) is 10.1. The fraction of sp³-hybridized carbons (Fsp3) is 0.435. The number of carbonyl (C=O) groups is 1. The first kappa shape index (κ1) is 22.6. The van der Waals surface area contributed by atoms with Crippen molar-refractivity contribution in [2.24, 2.45) is 17.6 Å². The van der Waals surface area contributed by atoms with Crippen LogP contribution in [-0.4, -0.2) is 29.0 Å². The van der Waals surface area contributed by atoms with Crippen LogP contribution in [0.5, 0.6) is 5.75 Å². The quantitative estimate of drug-likeness (QED) is 0.651. The fourth-order valence-electron chi connectivity index (χ4n) is 3.55. The van der Waals surface area contributed by atoms with E-state index in [0.29, 0.717) is 28.4 Å². The molecule has 1 unspecified atom stereocenters. The third-order valence-corrected chi connectivity index (χ3v) is 5.02. The van der Waals surface area contributed by atoms with E-state index in [1.807, 2.05) is 6.92 Å². The van der Waals surface area contributed by atoms with Gasteiger partial charge in [-0.3, -0.25) is 4.79 Å². The summed E-state index contributed by atoms with van der Waals surface area (Å²) in [6.45, 7) is 6.36. The number of nitriles is 1. The van der Waals surface area contributed by atoms with Crippen LogP contribution in [0.4, 0.5) is 14.6 Å². The van der Waals surface area contributed by atoms with Crippen molar-refractivity contribution >= 4 is 11.7 Å². The highest BCUT2D eigenvalue weighted by Crippen LogP contribution is 2.49. The van der Waals surface area contributed by atoms with Crippen LogP contribution in [0.3, 0.4) is 0 Å². The summed E-state index contributed by atoms with van der Waals surface area (Å²) in [5, 5.41) is 12.0. The highest BCUT2D eigenvalue weighted by atomic mass is 19.3. The van der Waals surface area contributed by atoms with Gasteiger partial charge in [0.1, 0.15) is 30.2 Å². The summed E-state index contributed by atoms with van der Waals surface area (Å²) in [7, 11) is 0. The lowest BCUT2D eigenvalue weighted by atomic mass is 9.93. The van der Waals surface area contributed by atoms with Crippen molar-refractivity contribution in [3.63, 3.8) is 0 Å². The Balaban J connectivity index is 1.73. The van der Waals surface area contributed by atoms with E-state index < -0.39 is 29.7 Å². The van der Waals surface area contributed by atoms with E-state index in [2.05, 4.69) is 30.2 Å². The highest BCUT2D eigenvalue weighted by molar-refractivity contribution is 5.95. The maximum absolute atomic E-state index is 13.1. The van der Waals surface area contributed by atoms with Crippen LogP contribution in [-0.2, 0) is 4.79 Å². The van der Waals surface area contributed by atoms with Gasteiger partial charge in [-0.15, -0.1) is 0 Å². The molecule has 1 amide bonds. The number of rotatable bonds is 8. The summed E-state index contributed by atoms with van der Waals surface area (Å²) >= 11 is 0. The van der Waals surface area contributed by atoms with Gasteiger partial charge >= 0.3 is 0 Å². The Morgan fingerprint density at radius 1 is 1.39 bits per heavy atom. The lowest BCUT2D eigenvalue weighted by molar-refractivity contribution is -0.119. The van der Waals surface area contributed by atoms with E-state index in [1.54, 1.807) is 30.3 Å². The standard InChI is InChI=1S/C23H26F2N4O2/c1-14(2)10-22(3,27)13-31-19-5-4-15(8-17(19)12-26)16-6-7-28-20(9-16)29-21(30)18-11-23(18,24)25/h4-9,14,18H,10-11,13,27H2,1-3H3,(H,28,29,30)/t18?,22-/m0/s1. The molecule has 2 atom stereocenters. The Morgan fingerprint density at radius 3 is 2.68 bits per heavy atom. The van der Waals surface area contributed by atoms with E-state index in [1.165, 1.54) is 6.20 Å². The number of amides is 1. The zero-order chi connectivity index (χ0) is 22.8. The molecule has 0 radical (unpaired) electrons. The van der Waals surface area contributed by atoms with Crippen LogP contribution in [0.15, 0.2) is 36.5 Å². The summed E-state index contributed by atoms with van der Waals surface area (Å²) in [5.41, 5.74) is 7.49. The van der Waals surface area contributed by atoms with Crippen molar-refractivity contribution in [1.82, 2.24) is 4.98 Å². The van der Waals surface area contributed by atoms with Gasteiger partial charge in [-0.05, 0) is 54.7 Å². The summed E-state index contributed by atoms with van der Waals surface area (Å²) in [6, 6.07) is 10.6. The van der Waals surface area contributed by atoms with Crippen molar-refractivity contribution in [3.8, 4) is 22.9 Å². The summed E-state index contributed by atoms with van der Waals surface area (Å²) < 4.78 is 32.0. The Labute approximate surface area is 180 Å². The zero-order valence-electron chi connectivity index (χ0n) is 17.8. The van der Waals surface area contributed by atoms with Gasteiger partial charge in [-0.1, -0.05) is 19.9 Å². The normalized spacial score (nSPS) is 18.7. The number of anilines is 1. The minimum absolute atomic E-state index is 0.177. The number of benzene rings is 1. The predicted octanol–water partition coefficient (Wildman–Crippen LogP) is 4.36. The van der Waals surface area contributed by atoms with Gasteiger partial charge in [-0.25, -0.2) is 13.8 Å². The average Bonchev–Trinajstić information content (AvgIpc) is 3.34. The second kappa shape index (κ2) is 8.60. The smallest absolute Gasteiger partial charge is 0.260 e. The summed E-state index contributed by atoms with van der Waals surface area (Å²) in [5.74, 6) is -3.95. The number of alkyl halides is 2. The number of hydrogen-bond acceptors (Lipinski definition) is 5. The van der Waals surface area contributed by atoms with Gasteiger partial charge in [-0.2, -0.15) is 5.26 Å². The third kappa shape index (κ3) is 5.76. The zero-order valence-corrected chi connectivity index (χ0v) is 17.8. The lowest BCUT2D eigenvalue weighted by Crippen LogP contribution is -2.43. The molecule has 31 heavy (non-hydrogen) atoms. The summed E-state index contributed by atoms with van der Waals surface area (Å²) in [6.07, 6.45) is 1.81. The Bertz CT molecular complexity index is 1010. The number of pyridine rings is 1. The highest BCUT2D eigenvalue weighted by Gasteiger charge is 2.61. The number of nitrogens with one attached hydrogen (secondary N) is 1. The number of nitrogens with zero attached hydrogens (tertiary/aromatic N) is 2. The molecule has 6 nitrogen and oxygen atoms in total. The first-order chi connectivity index (χ1) is 14.5. The Kier molecular flexibility index (Phi) is 6.27. The van der Waals surface area contributed by atoms with Crippen LogP contribution in [0.1, 0.15) is 39.2 Å². The van der Waals surface area contributed by atoms with Crippen molar-refractivity contribution in [3.05, 3.63) is 42.1 Å². The molecule has 1 aliphatic rings. The van der Waals surface area contributed by atoms with Crippen LogP contribution in [0, 0.1) is 23.2 Å². The minimum atomic E-state index is -2.94. The average molecular weight is 428 g/mol. The molecule has 0 saturated heterocycles. The first-order valence-electron chi connectivity index (χ1n) is 10.1. The lowest BCUT2D eigenvalue weighted by Gasteiger charge is -2.26. The summed E-state index contributed by atoms with van der Waals surface area (Å²) in [4.78, 5) is 15.9. The molecule has 0 bridgehead atoms. The van der Waals surface area contributed by atoms with E-state index in [9.17, 15) is 18.8 Å². The SMILES string of the molecule is CC(C)C[C@](C)(N)COc1ccc(-c2ccnc(NC(=O)C3CC3(F)F)c2)cc1C#N. The van der Waals surface area contributed by atoms with Gasteiger partial charge < -0.3 is 15.8 Å². The van der Waals surface area contributed by atoms with Crippen LogP contribution in [0.2, 0.25) is 0 Å². The van der Waals surface area contributed by atoms with E-state index in [-0.39, 0.29) is 12.4 Å². The topological polar surface area (TPSA) is 101 Å². The van der Waals surface area contributed by atoms with Crippen LogP contribution >= 0.6 is 0 Å². The van der Waals surface area contributed by atoms with Crippen molar-refractivity contribution in [2.75, 3.05) is 11.9 Å². The molecule has 2 aromatic rings. The number of carbonyl (C=O) groups excluding carboxylic acids is 1. The monoisotopic (exact) mass is 428 g/mol. The van der Waals surface area contributed by atoms with Gasteiger partial charge in [0, 0.05) is 18.2 Å². The number of nitrogens with two attached hydrogens (primary N) is 1. The number of halogens is 2. The van der Waals surface area contributed by atoms with Gasteiger partial charge in [0.05, 0.1) is 5.56 Å². The Morgan fingerprint density at radius 2 is 2.06 bits per heavy atom. The molecule has 1 aliphatic carbocycles.